The van der Waals surface area contributed by atoms with Crippen LogP contribution in [0.15, 0.2) is 30.3 Å². The quantitative estimate of drug-likeness (QED) is 0.781. The summed E-state index contributed by atoms with van der Waals surface area (Å²) >= 11 is 0. The Balaban J connectivity index is 1.34. The minimum atomic E-state index is -0.851. The molecule has 2 aliphatic rings. The second-order valence-electron chi connectivity index (χ2n) is 6.44. The summed E-state index contributed by atoms with van der Waals surface area (Å²) in [6, 6.07) is 10.3. The number of hydrogen-bond acceptors (Lipinski definition) is 3. The van der Waals surface area contributed by atoms with Crippen molar-refractivity contribution < 1.29 is 19.4 Å². The summed E-state index contributed by atoms with van der Waals surface area (Å²) in [5.41, 5.74) is 1.31. The summed E-state index contributed by atoms with van der Waals surface area (Å²) in [6.45, 7) is 1.99. The summed E-state index contributed by atoms with van der Waals surface area (Å²) in [4.78, 5) is 24.8. The van der Waals surface area contributed by atoms with Crippen molar-refractivity contribution in [2.75, 3.05) is 19.7 Å². The lowest BCUT2D eigenvalue weighted by atomic mass is 10.1. The number of benzene rings is 1. The molecule has 1 N–H and O–H groups in total. The van der Waals surface area contributed by atoms with Gasteiger partial charge in [0.2, 0.25) is 5.91 Å². The van der Waals surface area contributed by atoms with Crippen molar-refractivity contribution in [3.63, 3.8) is 0 Å². The molecule has 1 amide bonds. The van der Waals surface area contributed by atoms with Gasteiger partial charge in [-0.15, -0.1) is 0 Å². The molecule has 1 aliphatic carbocycles. The first-order valence-corrected chi connectivity index (χ1v) is 8.32. The zero-order valence-corrected chi connectivity index (χ0v) is 13.2. The normalized spacial score (nSPS) is 26.3. The Morgan fingerprint density at radius 1 is 1.22 bits per heavy atom. The third-order valence-electron chi connectivity index (χ3n) is 4.69. The fraction of sp³-hybridized carbons (Fsp3) is 0.556. The largest absolute Gasteiger partial charge is 0.481 e. The zero-order valence-electron chi connectivity index (χ0n) is 13.2. The van der Waals surface area contributed by atoms with Gasteiger partial charge in [0.15, 0.2) is 0 Å². The Hall–Kier alpha value is -1.88. The summed E-state index contributed by atoms with van der Waals surface area (Å²) in [6.07, 6.45) is 3.41. The number of aryl methyl sites for hydroxylation is 1. The number of nitrogens with zero attached hydrogens (tertiary/aromatic N) is 1. The van der Waals surface area contributed by atoms with Crippen LogP contribution in [0.25, 0.3) is 0 Å². The maximum absolute atomic E-state index is 12.2. The number of carbonyl (C=O) groups is 2. The molecule has 0 radical (unpaired) electrons. The number of carboxylic acid groups (broad SMARTS) is 1. The fourth-order valence-corrected chi connectivity index (χ4v) is 3.21. The average molecular weight is 317 g/mol. The van der Waals surface area contributed by atoms with Crippen molar-refractivity contribution in [2.24, 2.45) is 11.8 Å². The molecule has 1 aromatic carbocycles. The van der Waals surface area contributed by atoms with Crippen molar-refractivity contribution in [1.82, 2.24) is 4.90 Å². The van der Waals surface area contributed by atoms with E-state index in [1.54, 1.807) is 4.90 Å². The molecule has 1 saturated heterocycles. The lowest BCUT2D eigenvalue weighted by Crippen LogP contribution is -2.32. The molecule has 23 heavy (non-hydrogen) atoms. The number of carboxylic acids is 1. The van der Waals surface area contributed by atoms with Gasteiger partial charge in [0.05, 0.1) is 17.9 Å². The lowest BCUT2D eigenvalue weighted by Gasteiger charge is -2.16. The standard InChI is InChI=1S/C18H23NO4/c20-17(15-11-16(15)18(21)22)19-9-8-14(12-19)23-10-4-7-13-5-2-1-3-6-13/h1-3,5-6,14-16H,4,7-12H2,(H,21,22). The molecule has 0 aromatic heterocycles. The predicted molar refractivity (Wildman–Crippen MR) is 84.9 cm³/mol. The van der Waals surface area contributed by atoms with Gasteiger partial charge in [-0.1, -0.05) is 30.3 Å². The molecule has 124 valence electrons. The van der Waals surface area contributed by atoms with Crippen molar-refractivity contribution >= 4 is 11.9 Å². The summed E-state index contributed by atoms with van der Waals surface area (Å²) in [5, 5.41) is 8.91. The van der Waals surface area contributed by atoms with E-state index in [1.807, 2.05) is 18.2 Å². The molecule has 0 bridgehead atoms. The second-order valence-corrected chi connectivity index (χ2v) is 6.44. The number of amides is 1. The molecule has 3 rings (SSSR count). The van der Waals surface area contributed by atoms with E-state index in [2.05, 4.69) is 12.1 Å². The number of ether oxygens (including phenoxy) is 1. The minimum Gasteiger partial charge on any atom is -0.481 e. The van der Waals surface area contributed by atoms with Crippen molar-refractivity contribution in [1.29, 1.82) is 0 Å². The van der Waals surface area contributed by atoms with Gasteiger partial charge in [0.25, 0.3) is 0 Å². The maximum Gasteiger partial charge on any atom is 0.307 e. The van der Waals surface area contributed by atoms with E-state index in [-0.39, 0.29) is 17.9 Å². The maximum atomic E-state index is 12.2. The topological polar surface area (TPSA) is 66.8 Å². The highest BCUT2D eigenvalue weighted by Gasteiger charge is 2.50. The molecule has 1 aromatic rings. The number of aliphatic carboxylic acids is 1. The smallest absolute Gasteiger partial charge is 0.307 e. The highest BCUT2D eigenvalue weighted by Crippen LogP contribution is 2.40. The molecule has 1 heterocycles. The third kappa shape index (κ3) is 4.10. The molecule has 1 aliphatic heterocycles. The van der Waals surface area contributed by atoms with E-state index in [0.717, 1.165) is 19.3 Å². The Labute approximate surface area is 136 Å². The van der Waals surface area contributed by atoms with Crippen LogP contribution >= 0.6 is 0 Å². The van der Waals surface area contributed by atoms with E-state index < -0.39 is 11.9 Å². The van der Waals surface area contributed by atoms with Gasteiger partial charge < -0.3 is 14.7 Å². The van der Waals surface area contributed by atoms with Crippen LogP contribution in [0.1, 0.15) is 24.8 Å². The average Bonchev–Trinajstić information content (AvgIpc) is 3.23. The van der Waals surface area contributed by atoms with E-state index in [0.29, 0.717) is 26.1 Å². The van der Waals surface area contributed by atoms with E-state index >= 15 is 0 Å². The van der Waals surface area contributed by atoms with Crippen LogP contribution in [0, 0.1) is 11.8 Å². The molecule has 3 unspecified atom stereocenters. The second kappa shape index (κ2) is 7.13. The molecule has 0 spiro atoms. The van der Waals surface area contributed by atoms with Crippen LogP contribution in [-0.4, -0.2) is 47.7 Å². The first kappa shape index (κ1) is 16.0. The van der Waals surface area contributed by atoms with Gasteiger partial charge in [-0.25, -0.2) is 0 Å². The van der Waals surface area contributed by atoms with Gasteiger partial charge in [0, 0.05) is 19.7 Å². The Morgan fingerprint density at radius 3 is 2.70 bits per heavy atom. The summed E-state index contributed by atoms with van der Waals surface area (Å²) in [5.74, 6) is -1.62. The molecular weight excluding hydrogens is 294 g/mol. The van der Waals surface area contributed by atoms with Crippen molar-refractivity contribution in [3.05, 3.63) is 35.9 Å². The highest BCUT2D eigenvalue weighted by molar-refractivity contribution is 5.89. The molecular formula is C18H23NO4. The molecule has 3 atom stereocenters. The number of carbonyl (C=O) groups excluding carboxylic acids is 1. The highest BCUT2D eigenvalue weighted by atomic mass is 16.5. The number of hydrogen-bond donors (Lipinski definition) is 1. The fourth-order valence-electron chi connectivity index (χ4n) is 3.21. The van der Waals surface area contributed by atoms with E-state index in [4.69, 9.17) is 9.84 Å². The monoisotopic (exact) mass is 317 g/mol. The van der Waals surface area contributed by atoms with Gasteiger partial charge in [-0.2, -0.15) is 0 Å². The number of rotatable bonds is 7. The van der Waals surface area contributed by atoms with Crippen molar-refractivity contribution in [2.45, 2.75) is 31.8 Å². The summed E-state index contributed by atoms with van der Waals surface area (Å²) in [7, 11) is 0. The number of likely N-dealkylation sites (tertiary alicyclic amines) is 1. The zero-order chi connectivity index (χ0) is 16.2. The van der Waals surface area contributed by atoms with E-state index in [9.17, 15) is 9.59 Å². The van der Waals surface area contributed by atoms with Gasteiger partial charge >= 0.3 is 5.97 Å². The molecule has 5 nitrogen and oxygen atoms in total. The van der Waals surface area contributed by atoms with Crippen LogP contribution in [0.3, 0.4) is 0 Å². The predicted octanol–water partition coefficient (Wildman–Crippen LogP) is 1.96. The lowest BCUT2D eigenvalue weighted by molar-refractivity contribution is -0.141. The van der Waals surface area contributed by atoms with Crippen LogP contribution < -0.4 is 0 Å². The third-order valence-corrected chi connectivity index (χ3v) is 4.69. The SMILES string of the molecule is O=C(O)C1CC1C(=O)N1CCC(OCCCc2ccccc2)C1. The Morgan fingerprint density at radius 2 is 2.00 bits per heavy atom. The van der Waals surface area contributed by atoms with Gasteiger partial charge in [-0.05, 0) is 31.2 Å². The minimum absolute atomic E-state index is 0.00668. The molecule has 1 saturated carbocycles. The Kier molecular flexibility index (Phi) is 4.96. The van der Waals surface area contributed by atoms with Gasteiger partial charge in [0.1, 0.15) is 0 Å². The Bertz CT molecular complexity index is 559. The van der Waals surface area contributed by atoms with Crippen LogP contribution in [0.5, 0.6) is 0 Å². The van der Waals surface area contributed by atoms with Crippen LogP contribution in [0.2, 0.25) is 0 Å². The molecule has 2 fully saturated rings. The van der Waals surface area contributed by atoms with Crippen LogP contribution in [-0.2, 0) is 20.7 Å². The van der Waals surface area contributed by atoms with E-state index in [1.165, 1.54) is 5.56 Å². The first-order chi connectivity index (χ1) is 11.1. The molecule has 5 heteroatoms. The first-order valence-electron chi connectivity index (χ1n) is 8.32. The van der Waals surface area contributed by atoms with Crippen molar-refractivity contribution in [3.8, 4) is 0 Å². The van der Waals surface area contributed by atoms with Gasteiger partial charge in [-0.3, -0.25) is 9.59 Å². The summed E-state index contributed by atoms with van der Waals surface area (Å²) < 4.78 is 5.87. The van der Waals surface area contributed by atoms with Crippen LogP contribution in [0.4, 0.5) is 0 Å².